The minimum Gasteiger partial charge on any atom is -0.398 e. The lowest BCUT2D eigenvalue weighted by atomic mass is 10.1. The van der Waals surface area contributed by atoms with Gasteiger partial charge >= 0.3 is 0 Å². The number of nitrogen functional groups attached to an aromatic ring is 1. The molecule has 0 unspecified atom stereocenters. The Labute approximate surface area is 120 Å². The highest BCUT2D eigenvalue weighted by molar-refractivity contribution is 5.46. The van der Waals surface area contributed by atoms with Gasteiger partial charge in [0.2, 0.25) is 0 Å². The molecule has 2 rings (SSSR count). The van der Waals surface area contributed by atoms with Crippen LogP contribution in [0.2, 0.25) is 0 Å². The Bertz CT molecular complexity index is 596. The van der Waals surface area contributed by atoms with Crippen molar-refractivity contribution in [2.24, 2.45) is 0 Å². The van der Waals surface area contributed by atoms with Gasteiger partial charge in [-0.25, -0.2) is 0 Å². The Morgan fingerprint density at radius 3 is 2.35 bits per heavy atom. The third-order valence-corrected chi connectivity index (χ3v) is 3.39. The maximum Gasteiger partial charge on any atom is 0.0991 e. The molecule has 0 aromatic heterocycles. The van der Waals surface area contributed by atoms with Gasteiger partial charge in [0.1, 0.15) is 0 Å². The van der Waals surface area contributed by atoms with Gasteiger partial charge in [0.25, 0.3) is 0 Å². The Kier molecular flexibility index (Phi) is 4.75. The molecule has 2 N–H and O–H groups in total. The Hall–Kier alpha value is -2.31. The van der Waals surface area contributed by atoms with Crippen LogP contribution in [-0.4, -0.2) is 11.4 Å². The molecule has 0 bridgehead atoms. The quantitative estimate of drug-likeness (QED) is 0.845. The SMILES string of the molecule is CCN(Cc1ccc(C#N)cc1)Cc1ccccc1N. The van der Waals surface area contributed by atoms with E-state index in [2.05, 4.69) is 24.0 Å². The van der Waals surface area contributed by atoms with E-state index in [1.807, 2.05) is 42.5 Å². The van der Waals surface area contributed by atoms with Gasteiger partial charge in [0.15, 0.2) is 0 Å². The molecule has 0 amide bonds. The first-order chi connectivity index (χ1) is 9.72. The van der Waals surface area contributed by atoms with E-state index in [9.17, 15) is 0 Å². The summed E-state index contributed by atoms with van der Waals surface area (Å²) in [4.78, 5) is 2.33. The van der Waals surface area contributed by atoms with Crippen LogP contribution >= 0.6 is 0 Å². The third kappa shape index (κ3) is 3.59. The molecule has 102 valence electrons. The van der Waals surface area contributed by atoms with Crippen molar-refractivity contribution in [3.63, 3.8) is 0 Å². The summed E-state index contributed by atoms with van der Waals surface area (Å²) in [5.41, 5.74) is 9.89. The largest absolute Gasteiger partial charge is 0.398 e. The summed E-state index contributed by atoms with van der Waals surface area (Å²) in [6.45, 7) is 4.79. The van der Waals surface area contributed by atoms with Gasteiger partial charge in [-0.05, 0) is 35.9 Å². The summed E-state index contributed by atoms with van der Waals surface area (Å²) in [5.74, 6) is 0. The van der Waals surface area contributed by atoms with Crippen LogP contribution in [0.5, 0.6) is 0 Å². The van der Waals surface area contributed by atoms with Gasteiger partial charge in [-0.3, -0.25) is 4.90 Å². The maximum absolute atomic E-state index is 8.81. The number of nitrogens with zero attached hydrogens (tertiary/aromatic N) is 2. The maximum atomic E-state index is 8.81. The number of hydrogen-bond acceptors (Lipinski definition) is 3. The van der Waals surface area contributed by atoms with Crippen LogP contribution in [0.3, 0.4) is 0 Å². The lowest BCUT2D eigenvalue weighted by molar-refractivity contribution is 0.272. The molecule has 2 aromatic carbocycles. The highest BCUT2D eigenvalue weighted by Crippen LogP contribution is 2.15. The van der Waals surface area contributed by atoms with Crippen molar-refractivity contribution in [1.29, 1.82) is 5.26 Å². The van der Waals surface area contributed by atoms with E-state index in [0.29, 0.717) is 5.56 Å². The molecule has 0 aliphatic heterocycles. The molecular formula is C17H19N3. The summed E-state index contributed by atoms with van der Waals surface area (Å²) < 4.78 is 0. The van der Waals surface area contributed by atoms with Crippen LogP contribution in [0.1, 0.15) is 23.6 Å². The van der Waals surface area contributed by atoms with Crippen molar-refractivity contribution in [2.75, 3.05) is 12.3 Å². The standard InChI is InChI=1S/C17H19N3/c1-2-20(13-16-5-3-4-6-17(16)19)12-15-9-7-14(11-18)8-10-15/h3-10H,2,12-13,19H2,1H3. The molecule has 0 saturated carbocycles. The molecule has 2 aromatic rings. The Balaban J connectivity index is 2.05. The average molecular weight is 265 g/mol. The highest BCUT2D eigenvalue weighted by Gasteiger charge is 2.07. The molecular weight excluding hydrogens is 246 g/mol. The monoisotopic (exact) mass is 265 g/mol. The van der Waals surface area contributed by atoms with Crippen molar-refractivity contribution >= 4 is 5.69 Å². The fraction of sp³-hybridized carbons (Fsp3) is 0.235. The summed E-state index contributed by atoms with van der Waals surface area (Å²) in [7, 11) is 0. The number of nitrogens with two attached hydrogens (primary N) is 1. The molecule has 20 heavy (non-hydrogen) atoms. The highest BCUT2D eigenvalue weighted by atomic mass is 15.1. The van der Waals surface area contributed by atoms with E-state index >= 15 is 0 Å². The average Bonchev–Trinajstić information content (AvgIpc) is 2.49. The molecule has 0 fully saturated rings. The number of rotatable bonds is 5. The number of hydrogen-bond donors (Lipinski definition) is 1. The first kappa shape index (κ1) is 14.1. The van der Waals surface area contributed by atoms with Crippen LogP contribution < -0.4 is 5.73 Å². The summed E-state index contributed by atoms with van der Waals surface area (Å²) >= 11 is 0. The van der Waals surface area contributed by atoms with E-state index in [4.69, 9.17) is 11.0 Å². The van der Waals surface area contributed by atoms with Crippen LogP contribution in [0.4, 0.5) is 5.69 Å². The van der Waals surface area contributed by atoms with Crippen molar-refractivity contribution < 1.29 is 0 Å². The van der Waals surface area contributed by atoms with Crippen LogP contribution in [-0.2, 0) is 13.1 Å². The second kappa shape index (κ2) is 6.74. The number of anilines is 1. The van der Waals surface area contributed by atoms with E-state index < -0.39 is 0 Å². The molecule has 0 atom stereocenters. The van der Waals surface area contributed by atoms with E-state index in [0.717, 1.165) is 30.9 Å². The molecule has 3 heteroatoms. The fourth-order valence-corrected chi connectivity index (χ4v) is 2.14. The van der Waals surface area contributed by atoms with Gasteiger partial charge < -0.3 is 5.73 Å². The zero-order valence-corrected chi connectivity index (χ0v) is 11.7. The van der Waals surface area contributed by atoms with E-state index in [1.54, 1.807) is 0 Å². The molecule has 0 spiro atoms. The van der Waals surface area contributed by atoms with Gasteiger partial charge in [-0.15, -0.1) is 0 Å². The Morgan fingerprint density at radius 2 is 1.75 bits per heavy atom. The predicted molar refractivity (Wildman–Crippen MR) is 81.8 cm³/mol. The van der Waals surface area contributed by atoms with Gasteiger partial charge in [0, 0.05) is 18.8 Å². The Morgan fingerprint density at radius 1 is 1.05 bits per heavy atom. The molecule has 0 saturated heterocycles. The topological polar surface area (TPSA) is 53.0 Å². The first-order valence-electron chi connectivity index (χ1n) is 6.77. The van der Waals surface area contributed by atoms with E-state index in [-0.39, 0.29) is 0 Å². The molecule has 0 heterocycles. The van der Waals surface area contributed by atoms with E-state index in [1.165, 1.54) is 5.56 Å². The minimum absolute atomic E-state index is 0.698. The van der Waals surface area contributed by atoms with Crippen LogP contribution in [0, 0.1) is 11.3 Å². The van der Waals surface area contributed by atoms with Crippen molar-refractivity contribution in [3.05, 3.63) is 65.2 Å². The number of benzene rings is 2. The summed E-state index contributed by atoms with van der Waals surface area (Å²) in [6.07, 6.45) is 0. The zero-order chi connectivity index (χ0) is 14.4. The summed E-state index contributed by atoms with van der Waals surface area (Å²) in [6, 6.07) is 17.9. The molecule has 0 aliphatic rings. The second-order valence-electron chi connectivity index (χ2n) is 4.81. The third-order valence-electron chi connectivity index (χ3n) is 3.39. The minimum atomic E-state index is 0.698. The lowest BCUT2D eigenvalue weighted by Crippen LogP contribution is -2.22. The molecule has 0 aliphatic carbocycles. The van der Waals surface area contributed by atoms with Crippen LogP contribution in [0.15, 0.2) is 48.5 Å². The van der Waals surface area contributed by atoms with Crippen molar-refractivity contribution in [3.8, 4) is 6.07 Å². The lowest BCUT2D eigenvalue weighted by Gasteiger charge is -2.21. The summed E-state index contributed by atoms with van der Waals surface area (Å²) in [5, 5.41) is 8.81. The van der Waals surface area contributed by atoms with Gasteiger partial charge in [-0.2, -0.15) is 5.26 Å². The fourth-order valence-electron chi connectivity index (χ4n) is 2.14. The smallest absolute Gasteiger partial charge is 0.0991 e. The zero-order valence-electron chi connectivity index (χ0n) is 11.7. The van der Waals surface area contributed by atoms with Crippen molar-refractivity contribution in [1.82, 2.24) is 4.90 Å². The first-order valence-corrected chi connectivity index (χ1v) is 6.77. The second-order valence-corrected chi connectivity index (χ2v) is 4.81. The number of para-hydroxylation sites is 1. The van der Waals surface area contributed by atoms with Gasteiger partial charge in [0.05, 0.1) is 11.6 Å². The van der Waals surface area contributed by atoms with Crippen molar-refractivity contribution in [2.45, 2.75) is 20.0 Å². The molecule has 0 radical (unpaired) electrons. The van der Waals surface area contributed by atoms with Gasteiger partial charge in [-0.1, -0.05) is 37.3 Å². The predicted octanol–water partition coefficient (Wildman–Crippen LogP) is 3.16. The molecule has 3 nitrogen and oxygen atoms in total. The normalized spacial score (nSPS) is 10.4. The van der Waals surface area contributed by atoms with Crippen LogP contribution in [0.25, 0.3) is 0 Å². The number of nitriles is 1.